The van der Waals surface area contributed by atoms with Gasteiger partial charge in [-0.05, 0) is 24.3 Å². The molecule has 0 aliphatic carbocycles. The quantitative estimate of drug-likeness (QED) is 0.555. The molecule has 0 bridgehead atoms. The molecule has 0 saturated carbocycles. The van der Waals surface area contributed by atoms with Gasteiger partial charge in [0.05, 0.1) is 13.7 Å². The molecule has 0 aromatic heterocycles. The number of ether oxygens (including phenoxy) is 3. The highest BCUT2D eigenvalue weighted by atomic mass is 16.7. The fourth-order valence-electron chi connectivity index (χ4n) is 2.01. The molecule has 0 spiro atoms. The van der Waals surface area contributed by atoms with Gasteiger partial charge in [0.2, 0.25) is 0 Å². The van der Waals surface area contributed by atoms with E-state index in [4.69, 9.17) is 19.3 Å². The third-order valence-electron chi connectivity index (χ3n) is 3.17. The maximum atomic E-state index is 9.92. The zero-order chi connectivity index (χ0) is 14.7. The molecule has 1 aliphatic rings. The fourth-order valence-corrected chi connectivity index (χ4v) is 2.01. The standard InChI is InChI=1S/C13H18O7/c1-18-7-2-4-8(5-3-7)19-12-11(16)10(15)9(6-14)20-13(12)17/h2-5,9-17H,6H2,1H3/t9-,10+,11+,12-,13+/m1/s1. The molecule has 7 nitrogen and oxygen atoms in total. The number of hydrogen-bond donors (Lipinski definition) is 4. The van der Waals surface area contributed by atoms with Crippen LogP contribution in [0.2, 0.25) is 0 Å². The van der Waals surface area contributed by atoms with E-state index < -0.39 is 37.3 Å². The van der Waals surface area contributed by atoms with Gasteiger partial charge in [0.1, 0.15) is 29.8 Å². The molecule has 112 valence electrons. The summed E-state index contributed by atoms with van der Waals surface area (Å²) in [5, 5.41) is 38.4. The molecule has 1 aromatic rings. The van der Waals surface area contributed by atoms with Gasteiger partial charge in [-0.2, -0.15) is 0 Å². The highest BCUT2D eigenvalue weighted by molar-refractivity contribution is 5.31. The van der Waals surface area contributed by atoms with Gasteiger partial charge in [0.15, 0.2) is 12.4 Å². The molecule has 1 fully saturated rings. The van der Waals surface area contributed by atoms with Crippen molar-refractivity contribution in [3.8, 4) is 11.5 Å². The number of methoxy groups -OCH3 is 1. The largest absolute Gasteiger partial charge is 0.497 e. The molecule has 1 aromatic carbocycles. The summed E-state index contributed by atoms with van der Waals surface area (Å²) in [5.41, 5.74) is 0. The van der Waals surface area contributed by atoms with Gasteiger partial charge in [-0.25, -0.2) is 0 Å². The summed E-state index contributed by atoms with van der Waals surface area (Å²) in [6.07, 6.45) is -6.37. The molecule has 1 heterocycles. The van der Waals surface area contributed by atoms with Crippen molar-refractivity contribution in [1.82, 2.24) is 0 Å². The average molecular weight is 286 g/mol. The predicted molar refractivity (Wildman–Crippen MR) is 67.4 cm³/mol. The maximum absolute atomic E-state index is 9.92. The number of rotatable bonds is 4. The van der Waals surface area contributed by atoms with Crippen LogP contribution in [0.5, 0.6) is 11.5 Å². The summed E-state index contributed by atoms with van der Waals surface area (Å²) in [6, 6.07) is 6.51. The minimum Gasteiger partial charge on any atom is -0.497 e. The summed E-state index contributed by atoms with van der Waals surface area (Å²) >= 11 is 0. The molecule has 1 saturated heterocycles. The van der Waals surface area contributed by atoms with Crippen LogP contribution in [0.1, 0.15) is 0 Å². The van der Waals surface area contributed by atoms with Crippen LogP contribution in [0, 0.1) is 0 Å². The first-order chi connectivity index (χ1) is 9.56. The molecule has 0 amide bonds. The van der Waals surface area contributed by atoms with Gasteiger partial charge in [0.25, 0.3) is 0 Å². The molecule has 0 radical (unpaired) electrons. The highest BCUT2D eigenvalue weighted by Crippen LogP contribution is 2.25. The van der Waals surface area contributed by atoms with Crippen LogP contribution in [-0.4, -0.2) is 64.8 Å². The average Bonchev–Trinajstić information content (AvgIpc) is 2.48. The van der Waals surface area contributed by atoms with E-state index in [1.54, 1.807) is 24.3 Å². The van der Waals surface area contributed by atoms with Gasteiger partial charge in [0, 0.05) is 0 Å². The first kappa shape index (κ1) is 15.0. The van der Waals surface area contributed by atoms with Crippen LogP contribution in [0.4, 0.5) is 0 Å². The Labute approximate surface area is 115 Å². The molecule has 4 N–H and O–H groups in total. The van der Waals surface area contributed by atoms with Crippen molar-refractivity contribution in [1.29, 1.82) is 0 Å². The van der Waals surface area contributed by atoms with Gasteiger partial charge >= 0.3 is 0 Å². The van der Waals surface area contributed by atoms with Crippen LogP contribution >= 0.6 is 0 Å². The summed E-state index contributed by atoms with van der Waals surface area (Å²) in [5.74, 6) is 1.02. The lowest BCUT2D eigenvalue weighted by Crippen LogP contribution is -2.60. The molecular weight excluding hydrogens is 268 g/mol. The van der Waals surface area contributed by atoms with E-state index in [-0.39, 0.29) is 0 Å². The van der Waals surface area contributed by atoms with Crippen molar-refractivity contribution >= 4 is 0 Å². The number of benzene rings is 1. The van der Waals surface area contributed by atoms with Crippen molar-refractivity contribution < 1.29 is 34.6 Å². The zero-order valence-corrected chi connectivity index (χ0v) is 10.9. The van der Waals surface area contributed by atoms with Crippen molar-refractivity contribution in [2.75, 3.05) is 13.7 Å². The third-order valence-corrected chi connectivity index (χ3v) is 3.17. The maximum Gasteiger partial charge on any atom is 0.195 e. The minimum absolute atomic E-state index is 0.382. The van der Waals surface area contributed by atoms with Gasteiger partial charge in [-0.1, -0.05) is 0 Å². The molecular formula is C13H18O7. The fraction of sp³-hybridized carbons (Fsp3) is 0.538. The Kier molecular flexibility index (Phi) is 4.79. The van der Waals surface area contributed by atoms with Crippen LogP contribution in [0.25, 0.3) is 0 Å². The molecule has 5 atom stereocenters. The van der Waals surface area contributed by atoms with E-state index >= 15 is 0 Å². The second-order valence-electron chi connectivity index (χ2n) is 4.49. The van der Waals surface area contributed by atoms with Crippen molar-refractivity contribution in [2.45, 2.75) is 30.7 Å². The zero-order valence-electron chi connectivity index (χ0n) is 10.9. The van der Waals surface area contributed by atoms with Crippen molar-refractivity contribution in [3.05, 3.63) is 24.3 Å². The summed E-state index contributed by atoms with van der Waals surface area (Å²) in [6.45, 7) is -0.509. The SMILES string of the molecule is COc1ccc(O[C@@H]2[C@@H](O)[C@@H](O)[C@@H](CO)O[C@@H]2O)cc1. The predicted octanol–water partition coefficient (Wildman–Crippen LogP) is -1.13. The summed E-state index contributed by atoms with van der Waals surface area (Å²) < 4.78 is 15.4. The summed E-state index contributed by atoms with van der Waals surface area (Å²) in [7, 11) is 1.53. The molecule has 20 heavy (non-hydrogen) atoms. The van der Waals surface area contributed by atoms with Gasteiger partial charge in [-0.3, -0.25) is 0 Å². The normalized spacial score (nSPS) is 33.8. The van der Waals surface area contributed by atoms with Crippen LogP contribution in [-0.2, 0) is 4.74 Å². The molecule has 7 heteroatoms. The number of hydrogen-bond acceptors (Lipinski definition) is 7. The third kappa shape index (κ3) is 3.02. The lowest BCUT2D eigenvalue weighted by atomic mass is 9.99. The Bertz CT molecular complexity index is 421. The Hall–Kier alpha value is -1.38. The topological polar surface area (TPSA) is 109 Å². The van der Waals surface area contributed by atoms with E-state index in [2.05, 4.69) is 0 Å². The molecule has 0 unspecified atom stereocenters. The van der Waals surface area contributed by atoms with E-state index in [9.17, 15) is 15.3 Å². The molecule has 1 aliphatic heterocycles. The number of aliphatic hydroxyl groups excluding tert-OH is 4. The van der Waals surface area contributed by atoms with Crippen molar-refractivity contribution in [3.63, 3.8) is 0 Å². The first-order valence-electron chi connectivity index (χ1n) is 6.18. The smallest absolute Gasteiger partial charge is 0.195 e. The first-order valence-corrected chi connectivity index (χ1v) is 6.18. The van der Waals surface area contributed by atoms with E-state index in [1.807, 2.05) is 0 Å². The van der Waals surface area contributed by atoms with Crippen LogP contribution in [0.3, 0.4) is 0 Å². The Morgan fingerprint density at radius 3 is 2.20 bits per heavy atom. The van der Waals surface area contributed by atoms with Gasteiger partial charge in [-0.15, -0.1) is 0 Å². The second-order valence-corrected chi connectivity index (χ2v) is 4.49. The minimum atomic E-state index is -1.45. The Morgan fingerprint density at radius 2 is 1.65 bits per heavy atom. The lowest BCUT2D eigenvalue weighted by Gasteiger charge is -2.39. The second kappa shape index (κ2) is 6.38. The summed E-state index contributed by atoms with van der Waals surface area (Å²) in [4.78, 5) is 0. The van der Waals surface area contributed by atoms with E-state index in [1.165, 1.54) is 7.11 Å². The Balaban J connectivity index is 2.07. The van der Waals surface area contributed by atoms with Crippen LogP contribution in [0.15, 0.2) is 24.3 Å². The highest BCUT2D eigenvalue weighted by Gasteiger charge is 2.45. The monoisotopic (exact) mass is 286 g/mol. The van der Waals surface area contributed by atoms with E-state index in [0.717, 1.165) is 0 Å². The van der Waals surface area contributed by atoms with Crippen LogP contribution < -0.4 is 9.47 Å². The van der Waals surface area contributed by atoms with Gasteiger partial charge < -0.3 is 34.6 Å². The lowest BCUT2D eigenvalue weighted by molar-refractivity contribution is -0.280. The number of aliphatic hydroxyl groups is 4. The van der Waals surface area contributed by atoms with E-state index in [0.29, 0.717) is 11.5 Å². The molecule has 2 rings (SSSR count). The van der Waals surface area contributed by atoms with Crippen molar-refractivity contribution in [2.24, 2.45) is 0 Å². The Morgan fingerprint density at radius 1 is 1.05 bits per heavy atom.